The number of pyridine rings is 2. The molecule has 4 aromatic rings. The molecule has 3 fully saturated rings. The lowest BCUT2D eigenvalue weighted by Crippen LogP contribution is -2.70. The first-order valence-corrected chi connectivity index (χ1v) is 13.2. The lowest BCUT2D eigenvalue weighted by molar-refractivity contribution is 0.00534. The topological polar surface area (TPSA) is 86.8 Å². The average molecular weight is 539 g/mol. The number of nitriles is 1. The van der Waals surface area contributed by atoms with Crippen molar-refractivity contribution >= 4 is 22.8 Å². The normalized spacial score (nSPS) is 20.2. The number of nitrogens with zero attached hydrogens (tertiary/aromatic N) is 6. The minimum atomic E-state index is -0.713. The van der Waals surface area contributed by atoms with Crippen LogP contribution in [-0.2, 0) is 4.74 Å². The van der Waals surface area contributed by atoms with E-state index in [-0.39, 0.29) is 17.6 Å². The molecule has 4 aliphatic rings. The number of anilines is 1. The largest absolute Gasteiger partial charge is 0.377 e. The lowest BCUT2D eigenvalue weighted by atomic mass is 9.86. The molecule has 2 bridgehead atoms. The molecule has 3 aromatic heterocycles. The molecule has 0 saturated carbocycles. The highest BCUT2D eigenvalue weighted by molar-refractivity contribution is 5.96. The summed E-state index contributed by atoms with van der Waals surface area (Å²) in [5.74, 6) is -1.05. The van der Waals surface area contributed by atoms with Crippen molar-refractivity contribution in [3.8, 4) is 17.2 Å². The van der Waals surface area contributed by atoms with E-state index in [0.29, 0.717) is 31.9 Å². The predicted octanol–water partition coefficient (Wildman–Crippen LogP) is 4.45. The van der Waals surface area contributed by atoms with E-state index in [2.05, 4.69) is 28.2 Å². The Morgan fingerprint density at radius 2 is 1.93 bits per heavy atom. The van der Waals surface area contributed by atoms with Gasteiger partial charge in [-0.2, -0.15) is 10.4 Å². The second-order valence-electron chi connectivity index (χ2n) is 10.3. The van der Waals surface area contributed by atoms with E-state index >= 15 is 0 Å². The number of hydrogen-bond acceptors (Lipinski definition) is 6. The van der Waals surface area contributed by atoms with Crippen molar-refractivity contribution in [1.29, 1.82) is 5.26 Å². The first-order chi connectivity index (χ1) is 19.5. The fourth-order valence-electron chi connectivity index (χ4n) is 6.05. The van der Waals surface area contributed by atoms with Crippen LogP contribution in [0.2, 0.25) is 0 Å². The third-order valence-corrected chi connectivity index (χ3v) is 8.04. The van der Waals surface area contributed by atoms with Gasteiger partial charge in [0.25, 0.3) is 5.91 Å². The van der Waals surface area contributed by atoms with Gasteiger partial charge >= 0.3 is 0 Å². The molecule has 3 saturated heterocycles. The number of rotatable bonds is 4. The Morgan fingerprint density at radius 1 is 1.07 bits per heavy atom. The summed E-state index contributed by atoms with van der Waals surface area (Å²) in [5, 5.41) is 14.1. The molecule has 200 valence electrons. The number of aromatic nitrogens is 3. The van der Waals surface area contributed by atoms with Gasteiger partial charge in [-0.1, -0.05) is 6.08 Å². The first-order valence-electron chi connectivity index (χ1n) is 13.2. The lowest BCUT2D eigenvalue weighted by Gasteiger charge is -2.56. The molecule has 2 unspecified atom stereocenters. The molecule has 1 aromatic carbocycles. The minimum absolute atomic E-state index is 0.0931. The smallest absolute Gasteiger partial charge is 0.257 e. The number of carbonyl (C=O) groups excluding carboxylic acids is 1. The molecule has 0 N–H and O–H groups in total. The maximum atomic E-state index is 14.2. The highest BCUT2D eigenvalue weighted by atomic mass is 19.1. The van der Waals surface area contributed by atoms with E-state index < -0.39 is 17.5 Å². The summed E-state index contributed by atoms with van der Waals surface area (Å²) in [6.07, 6.45) is 9.01. The van der Waals surface area contributed by atoms with Crippen molar-refractivity contribution < 1.29 is 18.3 Å². The van der Waals surface area contributed by atoms with Gasteiger partial charge < -0.3 is 14.5 Å². The van der Waals surface area contributed by atoms with Gasteiger partial charge in [-0.05, 0) is 60.4 Å². The van der Waals surface area contributed by atoms with E-state index in [1.807, 2.05) is 18.3 Å². The maximum Gasteiger partial charge on any atom is 0.257 e. The summed E-state index contributed by atoms with van der Waals surface area (Å²) >= 11 is 0. The van der Waals surface area contributed by atoms with Crippen molar-refractivity contribution in [3.05, 3.63) is 89.4 Å². The van der Waals surface area contributed by atoms with Crippen molar-refractivity contribution in [2.75, 3.05) is 31.2 Å². The van der Waals surface area contributed by atoms with Gasteiger partial charge in [0.2, 0.25) is 0 Å². The van der Waals surface area contributed by atoms with Crippen LogP contribution in [0.1, 0.15) is 34.3 Å². The van der Waals surface area contributed by atoms with Crippen LogP contribution in [0, 0.1) is 23.0 Å². The van der Waals surface area contributed by atoms with Gasteiger partial charge in [-0.25, -0.2) is 18.3 Å². The van der Waals surface area contributed by atoms with Gasteiger partial charge in [-0.15, -0.1) is 0 Å². The molecule has 0 radical (unpaired) electrons. The highest BCUT2D eigenvalue weighted by Gasteiger charge is 2.48. The quantitative estimate of drug-likeness (QED) is 0.382. The summed E-state index contributed by atoms with van der Waals surface area (Å²) in [6.45, 7) is 2.35. The zero-order chi connectivity index (χ0) is 27.4. The van der Waals surface area contributed by atoms with E-state index in [1.54, 1.807) is 21.8 Å². The van der Waals surface area contributed by atoms with Crippen LogP contribution >= 0.6 is 0 Å². The zero-order valence-electron chi connectivity index (χ0n) is 21.4. The van der Waals surface area contributed by atoms with Gasteiger partial charge in [0.15, 0.2) is 0 Å². The number of hydrogen-bond donors (Lipinski definition) is 0. The molecule has 10 heteroatoms. The third kappa shape index (κ3) is 4.01. The number of ether oxygens (including phenoxy) is 1. The number of carbonyl (C=O) groups is 1. The third-order valence-electron chi connectivity index (χ3n) is 8.04. The van der Waals surface area contributed by atoms with Gasteiger partial charge in [0, 0.05) is 36.6 Å². The summed E-state index contributed by atoms with van der Waals surface area (Å²) in [7, 11) is 0. The van der Waals surface area contributed by atoms with Crippen LogP contribution in [0.15, 0.2) is 61.1 Å². The SMILES string of the molecule is N#Cc1cnn2cc(C3=CCOCC3)cc(-c3ccc(N4CC5CC(C4)N5C(=O)c4cc(F)ccc4F)nc3)c12. The fourth-order valence-corrected chi connectivity index (χ4v) is 6.05. The van der Waals surface area contributed by atoms with Gasteiger partial charge in [0.05, 0.1) is 48.1 Å². The number of benzene rings is 1. The first kappa shape index (κ1) is 24.4. The summed E-state index contributed by atoms with van der Waals surface area (Å²) in [5.41, 5.74) is 4.92. The van der Waals surface area contributed by atoms with Crippen LogP contribution in [0.25, 0.3) is 22.2 Å². The monoisotopic (exact) mass is 538 g/mol. The molecule has 4 aliphatic heterocycles. The van der Waals surface area contributed by atoms with Crippen LogP contribution in [0.3, 0.4) is 0 Å². The molecular weight excluding hydrogens is 514 g/mol. The number of piperidine rings is 1. The molecule has 0 aliphatic carbocycles. The van der Waals surface area contributed by atoms with Crippen LogP contribution in [0.5, 0.6) is 0 Å². The molecule has 2 atom stereocenters. The van der Waals surface area contributed by atoms with Gasteiger partial charge in [-0.3, -0.25) is 4.79 Å². The molecule has 8 rings (SSSR count). The van der Waals surface area contributed by atoms with E-state index in [4.69, 9.17) is 9.72 Å². The van der Waals surface area contributed by atoms with E-state index in [0.717, 1.165) is 59.1 Å². The van der Waals surface area contributed by atoms with E-state index in [9.17, 15) is 18.8 Å². The highest BCUT2D eigenvalue weighted by Crippen LogP contribution is 2.37. The Hall–Kier alpha value is -4.62. The summed E-state index contributed by atoms with van der Waals surface area (Å²) < 4.78 is 35.1. The standard InChI is InChI=1S/C30H24F2N6O2/c31-22-2-3-27(32)26(10-22)30(39)38-23-11-24(38)17-36(16-23)28-4-1-19(13-34-28)25-9-20(18-5-7-40-8-6-18)15-37-29(25)21(12-33)14-35-37/h1-5,9-10,13-15,23-24H,6-8,11,16-17H2. The molecule has 0 spiro atoms. The molecule has 7 heterocycles. The van der Waals surface area contributed by atoms with Gasteiger partial charge in [0.1, 0.15) is 23.5 Å². The summed E-state index contributed by atoms with van der Waals surface area (Å²) in [6, 6.07) is 11.0. The Kier molecular flexibility index (Phi) is 5.82. The van der Waals surface area contributed by atoms with Crippen molar-refractivity contribution in [3.63, 3.8) is 0 Å². The zero-order valence-corrected chi connectivity index (χ0v) is 21.4. The van der Waals surface area contributed by atoms with Crippen molar-refractivity contribution in [1.82, 2.24) is 19.5 Å². The van der Waals surface area contributed by atoms with Crippen molar-refractivity contribution in [2.24, 2.45) is 0 Å². The number of fused-ring (bicyclic) bond motifs is 3. The second kappa shape index (κ2) is 9.54. The second-order valence-corrected chi connectivity index (χ2v) is 10.3. The van der Waals surface area contributed by atoms with Crippen LogP contribution in [0.4, 0.5) is 14.6 Å². The molecule has 40 heavy (non-hydrogen) atoms. The number of amides is 1. The molecular formula is C30H24F2N6O2. The number of halogens is 2. The van der Waals surface area contributed by atoms with Crippen LogP contribution < -0.4 is 4.90 Å². The minimum Gasteiger partial charge on any atom is -0.377 e. The van der Waals surface area contributed by atoms with Crippen LogP contribution in [-0.4, -0.2) is 63.8 Å². The fraction of sp³-hybridized carbons (Fsp3) is 0.267. The Morgan fingerprint density at radius 3 is 2.65 bits per heavy atom. The Bertz CT molecular complexity index is 1710. The summed E-state index contributed by atoms with van der Waals surface area (Å²) in [4.78, 5) is 21.5. The predicted molar refractivity (Wildman–Crippen MR) is 143 cm³/mol. The number of piperazine rings is 1. The van der Waals surface area contributed by atoms with E-state index in [1.165, 1.54) is 5.57 Å². The molecule has 1 amide bonds. The Balaban J connectivity index is 1.15. The average Bonchev–Trinajstić information content (AvgIpc) is 3.41. The Labute approximate surface area is 228 Å². The molecule has 8 nitrogen and oxygen atoms in total. The maximum absolute atomic E-state index is 14.2. The van der Waals surface area contributed by atoms with Crippen molar-refractivity contribution in [2.45, 2.75) is 24.9 Å².